The predicted molar refractivity (Wildman–Crippen MR) is 78.7 cm³/mol. The molecule has 2 nitrogen and oxygen atoms in total. The highest BCUT2D eigenvalue weighted by Gasteiger charge is 2.38. The summed E-state index contributed by atoms with van der Waals surface area (Å²) in [6.45, 7) is 5.50. The molecule has 0 aliphatic heterocycles. The van der Waals surface area contributed by atoms with Gasteiger partial charge in [-0.15, -0.1) is 0 Å². The smallest absolute Gasteiger partial charge is 0.128 e. The van der Waals surface area contributed by atoms with E-state index in [-0.39, 0.29) is 18.0 Å². The number of likely N-dealkylation sites (N-methyl/N-ethyl adjacent to an activating group) is 1. The molecule has 0 heterocycles. The van der Waals surface area contributed by atoms with Gasteiger partial charge in [0.2, 0.25) is 0 Å². The summed E-state index contributed by atoms with van der Waals surface area (Å²) in [7, 11) is 0. The van der Waals surface area contributed by atoms with Crippen molar-refractivity contribution in [3.05, 3.63) is 34.1 Å². The van der Waals surface area contributed by atoms with Crippen LogP contribution in [0.15, 0.2) is 22.7 Å². The summed E-state index contributed by atoms with van der Waals surface area (Å²) in [5.74, 6) is 0.391. The Balaban J connectivity index is 2.28. The lowest BCUT2D eigenvalue weighted by Crippen LogP contribution is -2.36. The second-order valence-corrected chi connectivity index (χ2v) is 5.87. The van der Waals surface area contributed by atoms with Gasteiger partial charge < -0.3 is 10.1 Å². The summed E-state index contributed by atoms with van der Waals surface area (Å²) in [6, 6.07) is 5.03. The van der Waals surface area contributed by atoms with Crippen LogP contribution < -0.4 is 5.32 Å². The summed E-state index contributed by atoms with van der Waals surface area (Å²) < 4.78 is 20.9. The zero-order valence-electron chi connectivity index (χ0n) is 11.5. The second-order valence-electron chi connectivity index (χ2n) is 4.96. The van der Waals surface area contributed by atoms with E-state index in [1.54, 1.807) is 6.07 Å². The van der Waals surface area contributed by atoms with Gasteiger partial charge in [-0.1, -0.05) is 22.9 Å². The summed E-state index contributed by atoms with van der Waals surface area (Å²) in [5, 5.41) is 3.39. The third kappa shape index (κ3) is 3.77. The first-order valence-corrected chi connectivity index (χ1v) is 7.76. The third-order valence-electron chi connectivity index (χ3n) is 3.49. The molecule has 1 fully saturated rings. The normalized spacial score (nSPS) is 18.3. The Morgan fingerprint density at radius 1 is 1.42 bits per heavy atom. The minimum Gasteiger partial charge on any atom is -0.376 e. The van der Waals surface area contributed by atoms with Gasteiger partial charge in [-0.2, -0.15) is 0 Å². The van der Waals surface area contributed by atoms with Crippen LogP contribution in [-0.4, -0.2) is 19.3 Å². The van der Waals surface area contributed by atoms with E-state index in [9.17, 15) is 4.39 Å². The molecule has 0 aromatic heterocycles. The molecule has 0 radical (unpaired) electrons. The fraction of sp³-hybridized carbons (Fsp3) is 0.600. The van der Waals surface area contributed by atoms with Gasteiger partial charge in [0.05, 0.1) is 12.1 Å². The van der Waals surface area contributed by atoms with E-state index in [1.807, 2.05) is 19.9 Å². The Bertz CT molecular complexity index is 423. The van der Waals surface area contributed by atoms with Crippen LogP contribution in [0.2, 0.25) is 0 Å². The van der Waals surface area contributed by atoms with Gasteiger partial charge >= 0.3 is 0 Å². The largest absolute Gasteiger partial charge is 0.376 e. The molecule has 0 bridgehead atoms. The van der Waals surface area contributed by atoms with Crippen molar-refractivity contribution in [2.24, 2.45) is 5.92 Å². The highest BCUT2D eigenvalue weighted by Crippen LogP contribution is 2.40. The molecule has 0 spiro atoms. The highest BCUT2D eigenvalue weighted by atomic mass is 79.9. The van der Waals surface area contributed by atoms with E-state index in [0.717, 1.165) is 11.0 Å². The Kier molecular flexibility index (Phi) is 5.37. The maximum atomic E-state index is 14.1. The van der Waals surface area contributed by atoms with E-state index in [2.05, 4.69) is 21.2 Å². The van der Waals surface area contributed by atoms with Crippen molar-refractivity contribution >= 4 is 15.9 Å². The van der Waals surface area contributed by atoms with Gasteiger partial charge in [0.15, 0.2) is 0 Å². The Hall–Kier alpha value is -0.450. The fourth-order valence-electron chi connectivity index (χ4n) is 2.50. The first-order valence-electron chi connectivity index (χ1n) is 6.97. The molecular weight excluding hydrogens is 309 g/mol. The molecule has 106 valence electrons. The molecule has 1 aliphatic carbocycles. The first kappa shape index (κ1) is 14.9. The fourth-order valence-corrected chi connectivity index (χ4v) is 2.88. The van der Waals surface area contributed by atoms with Crippen molar-refractivity contribution in [2.45, 2.75) is 38.8 Å². The molecule has 1 saturated carbocycles. The van der Waals surface area contributed by atoms with E-state index >= 15 is 0 Å². The van der Waals surface area contributed by atoms with Crippen LogP contribution >= 0.6 is 15.9 Å². The number of nitrogens with one attached hydrogen (secondary N) is 1. The lowest BCUT2D eigenvalue weighted by Gasteiger charge is -2.28. The Morgan fingerprint density at radius 3 is 2.74 bits per heavy atom. The van der Waals surface area contributed by atoms with E-state index in [1.165, 1.54) is 18.9 Å². The molecule has 1 aromatic rings. The van der Waals surface area contributed by atoms with Crippen LogP contribution in [0.1, 0.15) is 38.3 Å². The van der Waals surface area contributed by atoms with Gasteiger partial charge in [0.1, 0.15) is 5.82 Å². The van der Waals surface area contributed by atoms with Gasteiger partial charge in [0.25, 0.3) is 0 Å². The minimum atomic E-state index is -0.167. The number of halogens is 2. The maximum absolute atomic E-state index is 14.1. The summed E-state index contributed by atoms with van der Waals surface area (Å²) in [4.78, 5) is 0. The lowest BCUT2D eigenvalue weighted by atomic mass is 9.97. The zero-order chi connectivity index (χ0) is 13.8. The molecule has 2 unspecified atom stereocenters. The van der Waals surface area contributed by atoms with Gasteiger partial charge in [-0.05, 0) is 50.4 Å². The maximum Gasteiger partial charge on any atom is 0.128 e. The standard InChI is InChI=1S/C15H21BrFNO/c1-3-18-14(15(19-4-2)10-5-6-10)12-9-11(16)7-8-13(12)17/h7-10,14-15,18H,3-6H2,1-2H3. The van der Waals surface area contributed by atoms with Crippen molar-refractivity contribution in [3.63, 3.8) is 0 Å². The molecule has 0 saturated heterocycles. The van der Waals surface area contributed by atoms with Crippen molar-refractivity contribution in [3.8, 4) is 0 Å². The van der Waals surface area contributed by atoms with E-state index in [4.69, 9.17) is 4.74 Å². The number of hydrogen-bond donors (Lipinski definition) is 1. The van der Waals surface area contributed by atoms with E-state index < -0.39 is 0 Å². The first-order chi connectivity index (χ1) is 9.17. The van der Waals surface area contributed by atoms with Crippen LogP contribution in [0.4, 0.5) is 4.39 Å². The SMILES string of the molecule is CCNC(c1cc(Br)ccc1F)C(OCC)C1CC1. The van der Waals surface area contributed by atoms with Crippen molar-refractivity contribution in [1.29, 1.82) is 0 Å². The second kappa shape index (κ2) is 6.82. The molecular formula is C15H21BrFNO. The molecule has 1 aliphatic rings. The van der Waals surface area contributed by atoms with Crippen LogP contribution in [0.3, 0.4) is 0 Å². The molecule has 2 atom stereocenters. The van der Waals surface area contributed by atoms with Gasteiger partial charge in [-0.25, -0.2) is 4.39 Å². The van der Waals surface area contributed by atoms with Gasteiger partial charge in [0, 0.05) is 16.6 Å². The van der Waals surface area contributed by atoms with Crippen molar-refractivity contribution in [2.75, 3.05) is 13.2 Å². The minimum absolute atomic E-state index is 0.0637. The Labute approximate surface area is 122 Å². The monoisotopic (exact) mass is 329 g/mol. The quantitative estimate of drug-likeness (QED) is 0.814. The topological polar surface area (TPSA) is 21.3 Å². The molecule has 1 N–H and O–H groups in total. The summed E-state index contributed by atoms with van der Waals surface area (Å²) in [6.07, 6.45) is 2.43. The lowest BCUT2D eigenvalue weighted by molar-refractivity contribution is 0.0181. The van der Waals surface area contributed by atoms with E-state index in [0.29, 0.717) is 18.1 Å². The number of benzene rings is 1. The molecule has 1 aromatic carbocycles. The summed E-state index contributed by atoms with van der Waals surface area (Å²) >= 11 is 3.42. The number of rotatable bonds is 7. The number of hydrogen-bond acceptors (Lipinski definition) is 2. The summed E-state index contributed by atoms with van der Waals surface area (Å²) in [5.41, 5.74) is 0.696. The third-order valence-corrected chi connectivity index (χ3v) is 3.98. The zero-order valence-corrected chi connectivity index (χ0v) is 13.0. The predicted octanol–water partition coefficient (Wildman–Crippen LogP) is 4.05. The highest BCUT2D eigenvalue weighted by molar-refractivity contribution is 9.10. The van der Waals surface area contributed by atoms with Crippen LogP contribution in [0.25, 0.3) is 0 Å². The van der Waals surface area contributed by atoms with Gasteiger partial charge in [-0.3, -0.25) is 0 Å². The van der Waals surface area contributed by atoms with Crippen molar-refractivity contribution in [1.82, 2.24) is 5.32 Å². The average Bonchev–Trinajstić information content (AvgIpc) is 3.21. The average molecular weight is 330 g/mol. The van der Waals surface area contributed by atoms with Crippen LogP contribution in [-0.2, 0) is 4.74 Å². The Morgan fingerprint density at radius 2 is 2.16 bits per heavy atom. The molecule has 4 heteroatoms. The van der Waals surface area contributed by atoms with Crippen LogP contribution in [0.5, 0.6) is 0 Å². The number of ether oxygens (including phenoxy) is 1. The molecule has 19 heavy (non-hydrogen) atoms. The molecule has 2 rings (SSSR count). The van der Waals surface area contributed by atoms with Crippen LogP contribution in [0, 0.1) is 11.7 Å². The molecule has 0 amide bonds. The van der Waals surface area contributed by atoms with Crippen molar-refractivity contribution < 1.29 is 9.13 Å².